The van der Waals surface area contributed by atoms with E-state index in [4.69, 9.17) is 10.5 Å². The molecule has 6 rings (SSSR count). The minimum atomic E-state index is -3.75. The van der Waals surface area contributed by atoms with Crippen LogP contribution in [0.5, 0.6) is 11.6 Å². The smallest absolute Gasteiger partial charge is 0.301 e. The van der Waals surface area contributed by atoms with Crippen molar-refractivity contribution in [3.8, 4) is 11.6 Å². The summed E-state index contributed by atoms with van der Waals surface area (Å²) in [6.07, 6.45) is 1.90. The zero-order valence-corrected chi connectivity index (χ0v) is 26.6. The van der Waals surface area contributed by atoms with Crippen LogP contribution in [0.2, 0.25) is 0 Å². The van der Waals surface area contributed by atoms with Crippen LogP contribution < -0.4 is 25.4 Å². The number of amides is 2. The molecule has 1 aliphatic carbocycles. The summed E-state index contributed by atoms with van der Waals surface area (Å²) in [5.41, 5.74) is 5.24. The highest BCUT2D eigenvalue weighted by molar-refractivity contribution is 7.90. The lowest BCUT2D eigenvalue weighted by atomic mass is 10.0. The van der Waals surface area contributed by atoms with Gasteiger partial charge in [0.15, 0.2) is 11.6 Å². The molecule has 48 heavy (non-hydrogen) atoms. The highest BCUT2D eigenvalue weighted by Gasteiger charge is 2.57. The highest BCUT2D eigenvalue weighted by atomic mass is 32.2. The highest BCUT2D eigenvalue weighted by Crippen LogP contribution is 2.49. The summed E-state index contributed by atoms with van der Waals surface area (Å²) in [6, 6.07) is 16.7. The fourth-order valence-corrected chi connectivity index (χ4v) is 6.39. The topological polar surface area (TPSA) is 163 Å². The molecule has 0 spiro atoms. The van der Waals surface area contributed by atoms with E-state index in [1.807, 2.05) is 7.05 Å². The number of primary amides is 1. The van der Waals surface area contributed by atoms with Gasteiger partial charge in [-0.05, 0) is 74.5 Å². The summed E-state index contributed by atoms with van der Waals surface area (Å²) >= 11 is 0. The van der Waals surface area contributed by atoms with Crippen molar-refractivity contribution in [1.29, 1.82) is 0 Å². The molecule has 2 fully saturated rings. The van der Waals surface area contributed by atoms with Gasteiger partial charge in [0.25, 0.3) is 0 Å². The van der Waals surface area contributed by atoms with E-state index in [0.29, 0.717) is 37.6 Å². The van der Waals surface area contributed by atoms with Gasteiger partial charge in [0.2, 0.25) is 23.6 Å². The number of nitrogens with two attached hydrogens (primary N) is 1. The summed E-state index contributed by atoms with van der Waals surface area (Å²) in [5, 5.41) is 2.98. The maximum absolute atomic E-state index is 15.5. The van der Waals surface area contributed by atoms with E-state index < -0.39 is 39.1 Å². The molecule has 0 radical (unpaired) electrons. The van der Waals surface area contributed by atoms with Gasteiger partial charge in [-0.2, -0.15) is 17.7 Å². The summed E-state index contributed by atoms with van der Waals surface area (Å²) < 4.78 is 64.6. The standard InChI is InChI=1S/C32H32F2N8O5S/c1-40-15-17-41(18-16-40)48(45,46)39-23-4-2-3-22(19-23)37-31-36-14-11-28(38-31)47-27-10-9-25(20-26(27)34)42(24-7-5-21(33)6-8-24)30(44)32(12-13-32)29(35)43/h2-11,14,19-20,39H,12-13,15-18H2,1H3,(H2,35,43)(H,36,37,38). The lowest BCUT2D eigenvalue weighted by molar-refractivity contribution is -0.133. The number of halogens is 2. The second-order valence-electron chi connectivity index (χ2n) is 11.5. The van der Waals surface area contributed by atoms with Crippen LogP contribution in [0.15, 0.2) is 79.0 Å². The van der Waals surface area contributed by atoms with Crippen molar-refractivity contribution < 1.29 is 31.5 Å². The second kappa shape index (κ2) is 13.1. The van der Waals surface area contributed by atoms with Crippen LogP contribution in [0.3, 0.4) is 0 Å². The lowest BCUT2D eigenvalue weighted by Gasteiger charge is -2.31. The van der Waals surface area contributed by atoms with Gasteiger partial charge in [-0.15, -0.1) is 0 Å². The molecule has 3 aromatic carbocycles. The van der Waals surface area contributed by atoms with Gasteiger partial charge < -0.3 is 20.7 Å². The second-order valence-corrected chi connectivity index (χ2v) is 13.2. The van der Waals surface area contributed by atoms with E-state index >= 15 is 4.39 Å². The van der Waals surface area contributed by atoms with E-state index in [1.165, 1.54) is 40.8 Å². The quantitative estimate of drug-likeness (QED) is 0.198. The zero-order chi connectivity index (χ0) is 34.1. The van der Waals surface area contributed by atoms with Crippen molar-refractivity contribution in [3.63, 3.8) is 0 Å². The first-order valence-corrected chi connectivity index (χ1v) is 16.4. The fraction of sp³-hybridized carbons (Fsp3) is 0.250. The number of anilines is 5. The number of hydrogen-bond donors (Lipinski definition) is 3. The Morgan fingerprint density at radius 1 is 0.938 bits per heavy atom. The molecule has 2 heterocycles. The number of hydrogen-bond acceptors (Lipinski definition) is 9. The zero-order valence-electron chi connectivity index (χ0n) is 25.8. The van der Waals surface area contributed by atoms with Gasteiger partial charge in [0.1, 0.15) is 11.2 Å². The fourth-order valence-electron chi connectivity index (χ4n) is 5.19. The van der Waals surface area contributed by atoms with Crippen LogP contribution in [-0.2, 0) is 19.8 Å². The molecule has 1 aliphatic heterocycles. The molecule has 1 aromatic heterocycles. The average Bonchev–Trinajstić information content (AvgIpc) is 3.87. The molecule has 4 aromatic rings. The molecule has 16 heteroatoms. The summed E-state index contributed by atoms with van der Waals surface area (Å²) in [7, 11) is -1.81. The number of nitrogens with zero attached hydrogens (tertiary/aromatic N) is 5. The third-order valence-electron chi connectivity index (χ3n) is 8.10. The van der Waals surface area contributed by atoms with Gasteiger partial charge in [-0.3, -0.25) is 19.2 Å². The van der Waals surface area contributed by atoms with Crippen LogP contribution in [0.25, 0.3) is 0 Å². The molecule has 2 aliphatic rings. The Morgan fingerprint density at radius 3 is 2.29 bits per heavy atom. The Bertz CT molecular complexity index is 1950. The predicted molar refractivity (Wildman–Crippen MR) is 174 cm³/mol. The normalized spacial score (nSPS) is 16.1. The van der Waals surface area contributed by atoms with Crippen LogP contribution in [-0.4, -0.2) is 72.6 Å². The van der Waals surface area contributed by atoms with Crippen LogP contribution in [0, 0.1) is 17.0 Å². The number of carbonyl (C=O) groups excluding carboxylic acids is 2. The van der Waals surface area contributed by atoms with Gasteiger partial charge in [0, 0.05) is 55.9 Å². The molecule has 0 bridgehead atoms. The Balaban J connectivity index is 1.17. The van der Waals surface area contributed by atoms with E-state index in [2.05, 4.69) is 24.9 Å². The Kier molecular flexibility index (Phi) is 8.96. The van der Waals surface area contributed by atoms with Crippen LogP contribution in [0.4, 0.5) is 37.5 Å². The molecule has 4 N–H and O–H groups in total. The molecule has 0 atom stereocenters. The third-order valence-corrected chi connectivity index (χ3v) is 9.64. The molecular weight excluding hydrogens is 646 g/mol. The number of piperazine rings is 1. The maximum atomic E-state index is 15.5. The summed E-state index contributed by atoms with van der Waals surface area (Å²) in [5.74, 6) is -2.93. The van der Waals surface area contributed by atoms with Gasteiger partial charge in [-0.25, -0.2) is 13.8 Å². The molecule has 250 valence electrons. The van der Waals surface area contributed by atoms with Crippen molar-refractivity contribution in [3.05, 3.63) is 90.6 Å². The Labute approximate surface area is 275 Å². The monoisotopic (exact) mass is 678 g/mol. The van der Waals surface area contributed by atoms with E-state index in [1.54, 1.807) is 24.3 Å². The number of ether oxygens (including phenoxy) is 1. The van der Waals surface area contributed by atoms with Gasteiger partial charge >= 0.3 is 10.2 Å². The first-order chi connectivity index (χ1) is 22.9. The molecular formula is C32H32F2N8O5S. The third kappa shape index (κ3) is 7.05. The molecule has 1 saturated heterocycles. The van der Waals surface area contributed by atoms with E-state index in [9.17, 15) is 22.4 Å². The molecule has 0 unspecified atom stereocenters. The molecule has 2 amide bonds. The number of benzene rings is 3. The average molecular weight is 679 g/mol. The Hall–Kier alpha value is -5.19. The predicted octanol–water partition coefficient (Wildman–Crippen LogP) is 4.13. The van der Waals surface area contributed by atoms with Gasteiger partial charge in [-0.1, -0.05) is 6.07 Å². The summed E-state index contributed by atoms with van der Waals surface area (Å²) in [4.78, 5) is 37.3. The van der Waals surface area contributed by atoms with Crippen molar-refractivity contribution >= 4 is 50.7 Å². The number of nitrogens with one attached hydrogen (secondary N) is 2. The minimum absolute atomic E-state index is 0.0109. The maximum Gasteiger partial charge on any atom is 0.301 e. The number of aromatic nitrogens is 2. The number of carbonyl (C=O) groups is 2. The van der Waals surface area contributed by atoms with E-state index in [0.717, 1.165) is 23.1 Å². The Morgan fingerprint density at radius 2 is 1.62 bits per heavy atom. The SMILES string of the molecule is CN1CCN(S(=O)(=O)Nc2cccc(Nc3nccc(Oc4ccc(N(C(=O)C5(C(N)=O)CC5)c5ccc(F)cc5)cc4F)n3)c2)CC1. The largest absolute Gasteiger partial charge is 0.436 e. The molecule has 13 nitrogen and oxygen atoms in total. The molecule has 1 saturated carbocycles. The lowest BCUT2D eigenvalue weighted by Crippen LogP contribution is -2.48. The van der Waals surface area contributed by atoms with Crippen molar-refractivity contribution in [2.45, 2.75) is 12.8 Å². The van der Waals surface area contributed by atoms with Gasteiger partial charge in [0.05, 0.1) is 11.4 Å². The van der Waals surface area contributed by atoms with Crippen molar-refractivity contribution in [2.24, 2.45) is 11.1 Å². The first kappa shape index (κ1) is 32.7. The number of rotatable bonds is 11. The van der Waals surface area contributed by atoms with Crippen molar-refractivity contribution in [2.75, 3.05) is 48.2 Å². The van der Waals surface area contributed by atoms with E-state index in [-0.39, 0.29) is 41.8 Å². The van der Waals surface area contributed by atoms with Crippen LogP contribution >= 0.6 is 0 Å². The van der Waals surface area contributed by atoms with Crippen LogP contribution in [0.1, 0.15) is 12.8 Å². The summed E-state index contributed by atoms with van der Waals surface area (Å²) in [6.45, 7) is 2.04. The van der Waals surface area contributed by atoms with Crippen molar-refractivity contribution in [1.82, 2.24) is 19.2 Å². The number of likely N-dealkylation sites (N-methyl/N-ethyl adjacent to an activating group) is 1. The first-order valence-electron chi connectivity index (χ1n) is 15.0. The minimum Gasteiger partial charge on any atom is -0.436 e.